The fraction of sp³-hybridized carbons (Fsp3) is 0.118. The Hall–Kier alpha value is -3.55. The van der Waals surface area contributed by atoms with E-state index in [2.05, 4.69) is 30.9 Å². The summed E-state index contributed by atoms with van der Waals surface area (Å²) in [6.45, 7) is 3.99. The van der Waals surface area contributed by atoms with Crippen LogP contribution in [0.2, 0.25) is 0 Å². The lowest BCUT2D eigenvalue weighted by Crippen LogP contribution is -2.00. The Bertz CT molecular complexity index is 1050. The summed E-state index contributed by atoms with van der Waals surface area (Å²) in [6, 6.07) is 13.6. The largest absolute Gasteiger partial charge is 0.260 e. The van der Waals surface area contributed by atoms with E-state index in [0.717, 1.165) is 22.6 Å². The molecule has 8 nitrogen and oxygen atoms in total. The summed E-state index contributed by atoms with van der Waals surface area (Å²) in [7, 11) is 0. The highest BCUT2D eigenvalue weighted by molar-refractivity contribution is 5.83. The van der Waals surface area contributed by atoms with Gasteiger partial charge < -0.3 is 0 Å². The number of hydrogen-bond donors (Lipinski definition) is 1. The molecule has 0 aliphatic rings. The maximum Gasteiger partial charge on any atom is 0.177 e. The molecule has 3 heterocycles. The standard InChI is InChI=1S/C17H16N8/c1-12-15(13(2)25(22-12)14-6-4-3-5-7-14)10-18-20-16-8-9-17-21-19-11-24(17)23-16/h3-11H,1-2H3,(H,20,23)/b18-10-. The molecule has 124 valence electrons. The second-order valence-electron chi connectivity index (χ2n) is 5.55. The fourth-order valence-corrected chi connectivity index (χ4v) is 2.61. The minimum atomic E-state index is 0.606. The second kappa shape index (κ2) is 6.16. The summed E-state index contributed by atoms with van der Waals surface area (Å²) < 4.78 is 3.50. The number of fused-ring (bicyclic) bond motifs is 1. The van der Waals surface area contributed by atoms with Gasteiger partial charge in [0.25, 0.3) is 0 Å². The summed E-state index contributed by atoms with van der Waals surface area (Å²) in [5, 5.41) is 20.9. The molecule has 0 saturated heterocycles. The van der Waals surface area contributed by atoms with Crippen LogP contribution < -0.4 is 5.43 Å². The number of nitrogens with zero attached hydrogens (tertiary/aromatic N) is 7. The van der Waals surface area contributed by atoms with E-state index in [9.17, 15) is 0 Å². The summed E-state index contributed by atoms with van der Waals surface area (Å²) in [6.07, 6.45) is 3.30. The third-order valence-electron chi connectivity index (χ3n) is 3.88. The monoisotopic (exact) mass is 332 g/mol. The lowest BCUT2D eigenvalue weighted by molar-refractivity contribution is 0.833. The van der Waals surface area contributed by atoms with Crippen LogP contribution in [0.3, 0.4) is 0 Å². The van der Waals surface area contributed by atoms with Gasteiger partial charge in [0.15, 0.2) is 11.5 Å². The van der Waals surface area contributed by atoms with Gasteiger partial charge in [-0.2, -0.15) is 14.7 Å². The number of nitrogens with one attached hydrogen (secondary N) is 1. The Morgan fingerprint density at radius 1 is 1.04 bits per heavy atom. The van der Waals surface area contributed by atoms with Gasteiger partial charge in [-0.15, -0.1) is 15.3 Å². The zero-order valence-corrected chi connectivity index (χ0v) is 13.8. The van der Waals surface area contributed by atoms with Gasteiger partial charge in [0.2, 0.25) is 0 Å². The summed E-state index contributed by atoms with van der Waals surface area (Å²) >= 11 is 0. The van der Waals surface area contributed by atoms with E-state index in [-0.39, 0.29) is 0 Å². The van der Waals surface area contributed by atoms with Gasteiger partial charge in [0.1, 0.15) is 6.33 Å². The molecule has 0 radical (unpaired) electrons. The highest BCUT2D eigenvalue weighted by Gasteiger charge is 2.10. The number of para-hydroxylation sites is 1. The molecule has 8 heteroatoms. The summed E-state index contributed by atoms with van der Waals surface area (Å²) in [5.74, 6) is 0.606. The smallest absolute Gasteiger partial charge is 0.177 e. The van der Waals surface area contributed by atoms with Crippen LogP contribution in [0.4, 0.5) is 5.82 Å². The minimum absolute atomic E-state index is 0.606. The van der Waals surface area contributed by atoms with Crippen molar-refractivity contribution >= 4 is 17.7 Å². The minimum Gasteiger partial charge on any atom is -0.260 e. The number of benzene rings is 1. The van der Waals surface area contributed by atoms with Gasteiger partial charge in [0, 0.05) is 5.56 Å². The molecule has 0 aliphatic carbocycles. The Morgan fingerprint density at radius 2 is 1.88 bits per heavy atom. The maximum atomic E-state index is 4.60. The highest BCUT2D eigenvalue weighted by Crippen LogP contribution is 2.16. The number of rotatable bonds is 4. The van der Waals surface area contributed by atoms with E-state index in [1.54, 1.807) is 23.1 Å². The average molecular weight is 332 g/mol. The molecule has 1 aromatic carbocycles. The van der Waals surface area contributed by atoms with Crippen LogP contribution in [0, 0.1) is 13.8 Å². The predicted octanol–water partition coefficient (Wildman–Crippen LogP) is 2.37. The van der Waals surface area contributed by atoms with Gasteiger partial charge >= 0.3 is 0 Å². The Labute approximate surface area is 143 Å². The molecule has 4 aromatic rings. The van der Waals surface area contributed by atoms with Crippen molar-refractivity contribution in [2.24, 2.45) is 5.10 Å². The van der Waals surface area contributed by atoms with Crippen LogP contribution in [0.25, 0.3) is 11.3 Å². The normalized spacial score (nSPS) is 11.4. The number of aromatic nitrogens is 6. The van der Waals surface area contributed by atoms with Crippen LogP contribution in [0.5, 0.6) is 0 Å². The van der Waals surface area contributed by atoms with Gasteiger partial charge in [-0.25, -0.2) is 4.68 Å². The van der Waals surface area contributed by atoms with Crippen LogP contribution in [-0.2, 0) is 0 Å². The maximum absolute atomic E-state index is 4.60. The first-order valence-electron chi connectivity index (χ1n) is 7.80. The van der Waals surface area contributed by atoms with Gasteiger partial charge in [-0.1, -0.05) is 18.2 Å². The van der Waals surface area contributed by atoms with Gasteiger partial charge in [0.05, 0.1) is 23.3 Å². The summed E-state index contributed by atoms with van der Waals surface area (Å²) in [5.41, 5.74) is 7.54. The average Bonchev–Trinajstić information content (AvgIpc) is 3.21. The fourth-order valence-electron chi connectivity index (χ4n) is 2.61. The molecule has 0 spiro atoms. The van der Waals surface area contributed by atoms with Crippen molar-refractivity contribution in [1.29, 1.82) is 0 Å². The van der Waals surface area contributed by atoms with Crippen molar-refractivity contribution in [2.45, 2.75) is 13.8 Å². The van der Waals surface area contributed by atoms with Crippen molar-refractivity contribution in [3.05, 3.63) is 65.7 Å². The SMILES string of the molecule is Cc1nn(-c2ccccc2)c(C)c1/C=N\Nc1ccc2nncn2n1. The third kappa shape index (κ3) is 2.85. The molecular formula is C17H16N8. The molecule has 0 amide bonds. The predicted molar refractivity (Wildman–Crippen MR) is 95.0 cm³/mol. The van der Waals surface area contributed by atoms with E-state index in [1.807, 2.05) is 54.9 Å². The van der Waals surface area contributed by atoms with Gasteiger partial charge in [-0.05, 0) is 38.1 Å². The van der Waals surface area contributed by atoms with E-state index >= 15 is 0 Å². The van der Waals surface area contributed by atoms with Crippen molar-refractivity contribution in [3.63, 3.8) is 0 Å². The Balaban J connectivity index is 1.58. The second-order valence-corrected chi connectivity index (χ2v) is 5.55. The third-order valence-corrected chi connectivity index (χ3v) is 3.88. The number of hydrogen-bond acceptors (Lipinski definition) is 6. The first kappa shape index (κ1) is 15.0. The molecular weight excluding hydrogens is 316 g/mol. The quantitative estimate of drug-likeness (QED) is 0.458. The zero-order valence-electron chi connectivity index (χ0n) is 13.8. The first-order valence-corrected chi connectivity index (χ1v) is 7.80. The van der Waals surface area contributed by atoms with Crippen LogP contribution >= 0.6 is 0 Å². The highest BCUT2D eigenvalue weighted by atomic mass is 15.4. The molecule has 3 aromatic heterocycles. The molecule has 4 rings (SSSR count). The molecule has 25 heavy (non-hydrogen) atoms. The van der Waals surface area contributed by atoms with E-state index in [4.69, 9.17) is 0 Å². The van der Waals surface area contributed by atoms with Crippen molar-refractivity contribution in [2.75, 3.05) is 5.43 Å². The molecule has 0 atom stereocenters. The van der Waals surface area contributed by atoms with Crippen molar-refractivity contribution < 1.29 is 0 Å². The number of anilines is 1. The number of aryl methyl sites for hydroxylation is 1. The van der Waals surface area contributed by atoms with E-state index in [0.29, 0.717) is 11.5 Å². The molecule has 0 aliphatic heterocycles. The lowest BCUT2D eigenvalue weighted by atomic mass is 10.2. The molecule has 0 unspecified atom stereocenters. The molecule has 1 N–H and O–H groups in total. The van der Waals surface area contributed by atoms with Crippen molar-refractivity contribution in [1.82, 2.24) is 29.6 Å². The van der Waals surface area contributed by atoms with Crippen LogP contribution in [0.1, 0.15) is 17.0 Å². The lowest BCUT2D eigenvalue weighted by Gasteiger charge is -2.03. The molecule has 0 bridgehead atoms. The van der Waals surface area contributed by atoms with E-state index in [1.165, 1.54) is 0 Å². The Morgan fingerprint density at radius 3 is 2.72 bits per heavy atom. The topological polar surface area (TPSA) is 85.3 Å². The Kier molecular flexibility index (Phi) is 3.70. The van der Waals surface area contributed by atoms with Crippen LogP contribution in [-0.4, -0.2) is 35.8 Å². The zero-order chi connectivity index (χ0) is 17.2. The molecule has 0 fully saturated rings. The van der Waals surface area contributed by atoms with E-state index < -0.39 is 0 Å². The summed E-state index contributed by atoms with van der Waals surface area (Å²) in [4.78, 5) is 0. The first-order chi connectivity index (χ1) is 12.2. The van der Waals surface area contributed by atoms with Crippen molar-refractivity contribution in [3.8, 4) is 5.69 Å². The van der Waals surface area contributed by atoms with Crippen LogP contribution in [0.15, 0.2) is 53.9 Å². The van der Waals surface area contributed by atoms with Gasteiger partial charge in [-0.3, -0.25) is 5.43 Å². The number of hydrazone groups is 1. The molecule has 0 saturated carbocycles.